The molecule has 0 aliphatic rings. The maximum Gasteiger partial charge on any atom is 0.165 e. The van der Waals surface area contributed by atoms with Gasteiger partial charge in [0.15, 0.2) is 11.5 Å². The molecule has 1 aromatic heterocycles. The highest BCUT2D eigenvalue weighted by Gasteiger charge is 2.12. The first kappa shape index (κ1) is 15.7. The highest BCUT2D eigenvalue weighted by Crippen LogP contribution is 2.34. The summed E-state index contributed by atoms with van der Waals surface area (Å²) in [5, 5.41) is 7.89. The van der Waals surface area contributed by atoms with Crippen molar-refractivity contribution in [2.75, 3.05) is 20.8 Å². The minimum atomic E-state index is 0.550. The summed E-state index contributed by atoms with van der Waals surface area (Å²) in [4.78, 5) is 0. The van der Waals surface area contributed by atoms with Gasteiger partial charge in [-0.1, -0.05) is 11.6 Å². The predicted octanol–water partition coefficient (Wildman–Crippen LogP) is 2.42. The molecule has 1 heterocycles. The number of rotatable bonds is 7. The van der Waals surface area contributed by atoms with Gasteiger partial charge in [0, 0.05) is 48.6 Å². The van der Waals surface area contributed by atoms with Gasteiger partial charge in [-0.15, -0.1) is 0 Å². The normalized spacial score (nSPS) is 10.7. The summed E-state index contributed by atoms with van der Waals surface area (Å²) in [6.07, 6.45) is 2.56. The molecule has 0 spiro atoms. The molecule has 0 saturated heterocycles. The van der Waals surface area contributed by atoms with Gasteiger partial charge in [-0.3, -0.25) is 4.68 Å². The van der Waals surface area contributed by atoms with Crippen LogP contribution in [0.5, 0.6) is 11.5 Å². The van der Waals surface area contributed by atoms with Crippen LogP contribution in [0.2, 0.25) is 5.02 Å². The van der Waals surface area contributed by atoms with Crippen LogP contribution in [0.25, 0.3) is 0 Å². The van der Waals surface area contributed by atoms with Crippen molar-refractivity contribution >= 4 is 11.6 Å². The van der Waals surface area contributed by atoms with Crippen molar-refractivity contribution in [3.63, 3.8) is 0 Å². The zero-order valence-electron chi connectivity index (χ0n) is 12.5. The zero-order chi connectivity index (χ0) is 15.2. The Bertz CT molecular complexity index is 599. The summed E-state index contributed by atoms with van der Waals surface area (Å²) >= 11 is 6.10. The lowest BCUT2D eigenvalue weighted by atomic mass is 10.2. The van der Waals surface area contributed by atoms with Gasteiger partial charge in [0.2, 0.25) is 0 Å². The van der Waals surface area contributed by atoms with Crippen molar-refractivity contribution in [1.29, 1.82) is 0 Å². The van der Waals surface area contributed by atoms with Crippen molar-refractivity contribution in [3.8, 4) is 11.5 Å². The SMILES string of the molecule is CNCc1cc(Cl)cc(OC)c1OCCc1ccnn1C. The van der Waals surface area contributed by atoms with Crippen LogP contribution in [-0.2, 0) is 20.0 Å². The minimum absolute atomic E-state index is 0.550. The van der Waals surface area contributed by atoms with Gasteiger partial charge in [0.1, 0.15) is 0 Å². The van der Waals surface area contributed by atoms with Crippen LogP contribution in [0.15, 0.2) is 24.4 Å². The molecular weight excluding hydrogens is 290 g/mol. The first-order valence-corrected chi connectivity index (χ1v) is 7.14. The largest absolute Gasteiger partial charge is 0.493 e. The average Bonchev–Trinajstić information content (AvgIpc) is 2.86. The molecule has 2 aromatic rings. The van der Waals surface area contributed by atoms with Gasteiger partial charge in [-0.2, -0.15) is 5.10 Å². The molecule has 1 N–H and O–H groups in total. The summed E-state index contributed by atoms with van der Waals surface area (Å²) < 4.78 is 13.1. The standard InChI is InChI=1S/C15H20ClN3O2/c1-17-10-11-8-12(16)9-14(20-3)15(11)21-7-5-13-4-6-18-19(13)2/h4,6,8-9,17H,5,7,10H2,1-3H3. The monoisotopic (exact) mass is 309 g/mol. The predicted molar refractivity (Wildman–Crippen MR) is 83.2 cm³/mol. The molecule has 2 rings (SSSR count). The maximum atomic E-state index is 6.10. The lowest BCUT2D eigenvalue weighted by Crippen LogP contribution is -2.11. The number of hydrogen-bond acceptors (Lipinski definition) is 4. The number of benzene rings is 1. The highest BCUT2D eigenvalue weighted by molar-refractivity contribution is 6.30. The third kappa shape index (κ3) is 3.89. The van der Waals surface area contributed by atoms with Crippen molar-refractivity contribution in [2.45, 2.75) is 13.0 Å². The van der Waals surface area contributed by atoms with E-state index in [0.29, 0.717) is 23.9 Å². The molecule has 0 aliphatic heterocycles. The van der Waals surface area contributed by atoms with Gasteiger partial charge in [0.25, 0.3) is 0 Å². The molecular formula is C15H20ClN3O2. The Balaban J connectivity index is 2.12. The van der Waals surface area contributed by atoms with E-state index in [4.69, 9.17) is 21.1 Å². The van der Waals surface area contributed by atoms with Crippen LogP contribution in [0.1, 0.15) is 11.3 Å². The second-order valence-corrected chi connectivity index (χ2v) is 5.11. The summed E-state index contributed by atoms with van der Waals surface area (Å²) in [5.41, 5.74) is 2.10. The first-order valence-electron chi connectivity index (χ1n) is 6.76. The lowest BCUT2D eigenvalue weighted by molar-refractivity contribution is 0.291. The number of aromatic nitrogens is 2. The van der Waals surface area contributed by atoms with Gasteiger partial charge < -0.3 is 14.8 Å². The third-order valence-corrected chi connectivity index (χ3v) is 3.43. The molecule has 6 heteroatoms. The van der Waals surface area contributed by atoms with E-state index in [1.165, 1.54) is 0 Å². The highest BCUT2D eigenvalue weighted by atomic mass is 35.5. The van der Waals surface area contributed by atoms with Crippen LogP contribution in [0, 0.1) is 0 Å². The summed E-state index contributed by atoms with van der Waals surface area (Å²) in [7, 11) is 5.42. The molecule has 21 heavy (non-hydrogen) atoms. The lowest BCUT2D eigenvalue weighted by Gasteiger charge is -2.15. The van der Waals surface area contributed by atoms with Crippen LogP contribution in [-0.4, -0.2) is 30.5 Å². The van der Waals surface area contributed by atoms with E-state index < -0.39 is 0 Å². The Morgan fingerprint density at radius 1 is 1.38 bits per heavy atom. The fraction of sp³-hybridized carbons (Fsp3) is 0.400. The Kier molecular flexibility index (Phi) is 5.47. The molecule has 0 atom stereocenters. The summed E-state index contributed by atoms with van der Waals surface area (Å²) in [6.45, 7) is 1.21. The van der Waals surface area contributed by atoms with E-state index in [0.717, 1.165) is 23.4 Å². The molecule has 1 aromatic carbocycles. The van der Waals surface area contributed by atoms with Crippen molar-refractivity contribution in [3.05, 3.63) is 40.7 Å². The topological polar surface area (TPSA) is 48.3 Å². The number of methoxy groups -OCH3 is 1. The average molecular weight is 310 g/mol. The van der Waals surface area contributed by atoms with E-state index >= 15 is 0 Å². The third-order valence-electron chi connectivity index (χ3n) is 3.21. The molecule has 5 nitrogen and oxygen atoms in total. The van der Waals surface area contributed by atoms with E-state index in [-0.39, 0.29) is 0 Å². The van der Waals surface area contributed by atoms with Crippen LogP contribution in [0.4, 0.5) is 0 Å². The molecule has 114 valence electrons. The van der Waals surface area contributed by atoms with Crippen molar-refractivity contribution in [1.82, 2.24) is 15.1 Å². The number of ether oxygens (including phenoxy) is 2. The van der Waals surface area contributed by atoms with Crippen molar-refractivity contribution < 1.29 is 9.47 Å². The van der Waals surface area contributed by atoms with Gasteiger partial charge >= 0.3 is 0 Å². The quantitative estimate of drug-likeness (QED) is 0.853. The second kappa shape index (κ2) is 7.33. The molecule has 0 unspecified atom stereocenters. The fourth-order valence-electron chi connectivity index (χ4n) is 2.16. The van der Waals surface area contributed by atoms with E-state index in [9.17, 15) is 0 Å². The Labute approximate surface area is 129 Å². The number of halogens is 1. The maximum absolute atomic E-state index is 6.10. The zero-order valence-corrected chi connectivity index (χ0v) is 13.3. The summed E-state index contributed by atoms with van der Waals surface area (Å²) in [6, 6.07) is 5.64. The number of nitrogens with zero attached hydrogens (tertiary/aromatic N) is 2. The van der Waals surface area contributed by atoms with E-state index in [1.54, 1.807) is 19.4 Å². The molecule has 0 amide bonds. The van der Waals surface area contributed by atoms with E-state index in [1.807, 2.05) is 30.9 Å². The minimum Gasteiger partial charge on any atom is -0.493 e. The Morgan fingerprint density at radius 2 is 2.19 bits per heavy atom. The van der Waals surface area contributed by atoms with Crippen LogP contribution in [0.3, 0.4) is 0 Å². The Hall–Kier alpha value is -1.72. The van der Waals surface area contributed by atoms with Crippen LogP contribution < -0.4 is 14.8 Å². The molecule has 0 bridgehead atoms. The van der Waals surface area contributed by atoms with Crippen molar-refractivity contribution in [2.24, 2.45) is 7.05 Å². The Morgan fingerprint density at radius 3 is 2.81 bits per heavy atom. The van der Waals surface area contributed by atoms with Crippen LogP contribution >= 0.6 is 11.6 Å². The first-order chi connectivity index (χ1) is 10.2. The number of nitrogens with one attached hydrogen (secondary N) is 1. The smallest absolute Gasteiger partial charge is 0.165 e. The number of aryl methyl sites for hydroxylation is 1. The molecule has 0 saturated carbocycles. The van der Waals surface area contributed by atoms with Gasteiger partial charge in [-0.05, 0) is 19.2 Å². The number of hydrogen-bond donors (Lipinski definition) is 1. The fourth-order valence-corrected chi connectivity index (χ4v) is 2.39. The van der Waals surface area contributed by atoms with Gasteiger partial charge in [-0.25, -0.2) is 0 Å². The molecule has 0 aliphatic carbocycles. The van der Waals surface area contributed by atoms with Gasteiger partial charge in [0.05, 0.1) is 13.7 Å². The van der Waals surface area contributed by atoms with E-state index in [2.05, 4.69) is 10.4 Å². The second-order valence-electron chi connectivity index (χ2n) is 4.67. The summed E-state index contributed by atoms with van der Waals surface area (Å²) in [5.74, 6) is 1.39. The molecule has 0 radical (unpaired) electrons. The molecule has 0 fully saturated rings.